The van der Waals surface area contributed by atoms with Crippen molar-refractivity contribution >= 4 is 17.2 Å². The Morgan fingerprint density at radius 3 is 2.93 bits per heavy atom. The number of amides is 1. The van der Waals surface area contributed by atoms with Gasteiger partial charge in [-0.2, -0.15) is 0 Å². The van der Waals surface area contributed by atoms with Crippen molar-refractivity contribution in [3.05, 3.63) is 74.5 Å². The Morgan fingerprint density at radius 2 is 2.17 bits per heavy atom. The van der Waals surface area contributed by atoms with Gasteiger partial charge in [-0.3, -0.25) is 19.5 Å². The second kappa shape index (κ2) is 7.85. The van der Waals surface area contributed by atoms with Crippen LogP contribution in [0, 0.1) is 5.92 Å². The quantitative estimate of drug-likeness (QED) is 0.630. The van der Waals surface area contributed by atoms with Crippen molar-refractivity contribution in [1.29, 1.82) is 0 Å². The summed E-state index contributed by atoms with van der Waals surface area (Å²) in [6.45, 7) is 3.36. The van der Waals surface area contributed by atoms with Gasteiger partial charge < -0.3 is 13.9 Å². The molecule has 0 aromatic carbocycles. The van der Waals surface area contributed by atoms with E-state index in [1.807, 2.05) is 28.6 Å². The van der Waals surface area contributed by atoms with Crippen molar-refractivity contribution in [2.45, 2.75) is 32.0 Å². The van der Waals surface area contributed by atoms with Crippen LogP contribution in [0.15, 0.2) is 51.6 Å². The minimum absolute atomic E-state index is 0.0560. The molecule has 3 aromatic heterocycles. The molecule has 0 spiro atoms. The van der Waals surface area contributed by atoms with Crippen molar-refractivity contribution in [3.63, 3.8) is 0 Å². The SMILES string of the molecule is CN(Cc1ccoc1)Cc1ccc2n(c1=O)C[C@H]1C[C@@H]2CN(C(=O)c2cncs2)C1. The Morgan fingerprint density at radius 1 is 1.27 bits per heavy atom. The van der Waals surface area contributed by atoms with Crippen molar-refractivity contribution in [2.24, 2.45) is 5.92 Å². The molecule has 2 atom stereocenters. The molecule has 8 heteroatoms. The molecule has 5 heterocycles. The van der Waals surface area contributed by atoms with E-state index in [1.165, 1.54) is 11.3 Å². The molecule has 1 fully saturated rings. The Balaban J connectivity index is 1.34. The molecule has 0 unspecified atom stereocenters. The minimum Gasteiger partial charge on any atom is -0.472 e. The first-order valence-corrected chi connectivity index (χ1v) is 11.1. The maximum absolute atomic E-state index is 13.2. The standard InChI is InChI=1S/C22H24N4O3S/c1-24(8-15-4-5-29-13-15)11-17-2-3-19-18-6-16(10-26(19)21(17)27)9-25(12-18)22(28)20-7-23-14-30-20/h2-5,7,13-14,16,18H,6,8-12H2,1H3/t16-,18+/m0/s1. The highest BCUT2D eigenvalue weighted by Gasteiger charge is 2.37. The summed E-state index contributed by atoms with van der Waals surface area (Å²) in [6.07, 6.45) is 6.07. The summed E-state index contributed by atoms with van der Waals surface area (Å²) in [4.78, 5) is 34.8. The van der Waals surface area contributed by atoms with Crippen molar-refractivity contribution in [1.82, 2.24) is 19.4 Å². The van der Waals surface area contributed by atoms with E-state index in [0.717, 1.165) is 29.8 Å². The van der Waals surface area contributed by atoms with Crippen LogP contribution in [0.4, 0.5) is 0 Å². The van der Waals surface area contributed by atoms with Crippen LogP contribution in [-0.2, 0) is 19.6 Å². The molecule has 3 aromatic rings. The number of carbonyl (C=O) groups excluding carboxylic acids is 1. The van der Waals surface area contributed by atoms with Crippen LogP contribution in [0.3, 0.4) is 0 Å². The van der Waals surface area contributed by atoms with E-state index in [4.69, 9.17) is 4.42 Å². The Hall–Kier alpha value is -2.71. The maximum Gasteiger partial charge on any atom is 0.265 e. The second-order valence-electron chi connectivity index (χ2n) is 8.38. The van der Waals surface area contributed by atoms with E-state index in [2.05, 4.69) is 16.0 Å². The fourth-order valence-corrected chi connectivity index (χ4v) is 5.38. The van der Waals surface area contributed by atoms with Crippen molar-refractivity contribution in [2.75, 3.05) is 20.1 Å². The lowest BCUT2D eigenvalue weighted by Gasteiger charge is -2.42. The number of piperidine rings is 1. The number of carbonyl (C=O) groups is 1. The molecule has 2 aliphatic rings. The number of nitrogens with zero attached hydrogens (tertiary/aromatic N) is 4. The predicted octanol–water partition coefficient (Wildman–Crippen LogP) is 2.79. The molecule has 0 aliphatic carbocycles. The summed E-state index contributed by atoms with van der Waals surface area (Å²) >= 11 is 1.38. The van der Waals surface area contributed by atoms with Crippen molar-refractivity contribution < 1.29 is 9.21 Å². The monoisotopic (exact) mass is 424 g/mol. The molecule has 0 N–H and O–H groups in total. The van der Waals surface area contributed by atoms with Crippen LogP contribution in [0.5, 0.6) is 0 Å². The molecule has 1 amide bonds. The molecule has 30 heavy (non-hydrogen) atoms. The number of rotatable bonds is 5. The molecular weight excluding hydrogens is 400 g/mol. The van der Waals surface area contributed by atoms with Crippen LogP contribution in [0.2, 0.25) is 0 Å². The molecule has 5 rings (SSSR count). The van der Waals surface area contributed by atoms with E-state index in [-0.39, 0.29) is 17.4 Å². The highest BCUT2D eigenvalue weighted by atomic mass is 32.1. The highest BCUT2D eigenvalue weighted by Crippen LogP contribution is 2.36. The number of aromatic nitrogens is 2. The van der Waals surface area contributed by atoms with Crippen molar-refractivity contribution in [3.8, 4) is 0 Å². The van der Waals surface area contributed by atoms with Gasteiger partial charge in [0.2, 0.25) is 0 Å². The van der Waals surface area contributed by atoms with Crippen LogP contribution in [-0.4, -0.2) is 45.4 Å². The summed E-state index contributed by atoms with van der Waals surface area (Å²) in [5, 5.41) is 0. The Labute approximate surface area is 178 Å². The maximum atomic E-state index is 13.2. The first-order valence-electron chi connectivity index (χ1n) is 10.2. The number of fused-ring (bicyclic) bond motifs is 4. The lowest BCUT2D eigenvalue weighted by molar-refractivity contribution is 0.0598. The van der Waals surface area contributed by atoms with Gasteiger partial charge in [-0.25, -0.2) is 0 Å². The van der Waals surface area contributed by atoms with E-state index in [0.29, 0.717) is 37.0 Å². The molecule has 156 valence electrons. The third-order valence-electron chi connectivity index (χ3n) is 6.09. The largest absolute Gasteiger partial charge is 0.472 e. The lowest BCUT2D eigenvalue weighted by atomic mass is 9.83. The number of hydrogen-bond acceptors (Lipinski definition) is 6. The zero-order valence-corrected chi connectivity index (χ0v) is 17.7. The van der Waals surface area contributed by atoms with Gasteiger partial charge in [0.25, 0.3) is 11.5 Å². The zero-order valence-electron chi connectivity index (χ0n) is 16.9. The number of hydrogen-bond donors (Lipinski definition) is 0. The normalized spacial score (nSPS) is 20.4. The smallest absolute Gasteiger partial charge is 0.265 e. The van der Waals surface area contributed by atoms with Gasteiger partial charge in [0, 0.05) is 55.5 Å². The van der Waals surface area contributed by atoms with Crippen LogP contribution >= 0.6 is 11.3 Å². The summed E-state index contributed by atoms with van der Waals surface area (Å²) < 4.78 is 7.08. The van der Waals surface area contributed by atoms with Gasteiger partial charge in [-0.05, 0) is 31.5 Å². The zero-order chi connectivity index (χ0) is 20.7. The Kier molecular flexibility index (Phi) is 5.04. The first kappa shape index (κ1) is 19.3. The average Bonchev–Trinajstić information content (AvgIpc) is 3.44. The highest BCUT2D eigenvalue weighted by molar-refractivity contribution is 7.11. The fraction of sp³-hybridized carbons (Fsp3) is 0.409. The van der Waals surface area contributed by atoms with Gasteiger partial charge in [-0.15, -0.1) is 11.3 Å². The number of pyridine rings is 1. The summed E-state index contributed by atoms with van der Waals surface area (Å²) in [7, 11) is 2.01. The molecule has 2 bridgehead atoms. The summed E-state index contributed by atoms with van der Waals surface area (Å²) in [5.41, 5.74) is 4.75. The van der Waals surface area contributed by atoms with Gasteiger partial charge in [0.1, 0.15) is 4.88 Å². The molecule has 7 nitrogen and oxygen atoms in total. The van der Waals surface area contributed by atoms with E-state index in [9.17, 15) is 9.59 Å². The third kappa shape index (κ3) is 3.61. The van der Waals surface area contributed by atoms with E-state index >= 15 is 0 Å². The number of thiazole rings is 1. The van der Waals surface area contributed by atoms with Gasteiger partial charge in [0.15, 0.2) is 0 Å². The van der Waals surface area contributed by atoms with Crippen LogP contribution in [0.25, 0.3) is 0 Å². The molecule has 1 saturated heterocycles. The van der Waals surface area contributed by atoms with E-state index in [1.54, 1.807) is 24.2 Å². The predicted molar refractivity (Wildman–Crippen MR) is 113 cm³/mol. The summed E-state index contributed by atoms with van der Waals surface area (Å²) in [6, 6.07) is 5.99. The van der Waals surface area contributed by atoms with Gasteiger partial charge in [0.05, 0.1) is 24.2 Å². The second-order valence-corrected chi connectivity index (χ2v) is 9.26. The van der Waals surface area contributed by atoms with E-state index < -0.39 is 0 Å². The Bertz CT molecular complexity index is 1090. The number of furan rings is 1. The lowest BCUT2D eigenvalue weighted by Crippen LogP contribution is -2.49. The third-order valence-corrected chi connectivity index (χ3v) is 6.85. The molecule has 2 aliphatic heterocycles. The van der Waals surface area contributed by atoms with Gasteiger partial charge >= 0.3 is 0 Å². The molecule has 0 saturated carbocycles. The van der Waals surface area contributed by atoms with Crippen LogP contribution < -0.4 is 5.56 Å². The van der Waals surface area contributed by atoms with Crippen LogP contribution in [0.1, 0.15) is 38.8 Å². The molecule has 0 radical (unpaired) electrons. The minimum atomic E-state index is 0.0560. The first-order chi connectivity index (χ1) is 14.6. The fourth-order valence-electron chi connectivity index (χ4n) is 4.80. The molecular formula is C22H24N4O3S. The average molecular weight is 425 g/mol. The van der Waals surface area contributed by atoms with Gasteiger partial charge in [-0.1, -0.05) is 6.07 Å². The number of likely N-dealkylation sites (tertiary alicyclic amines) is 1. The topological polar surface area (TPSA) is 71.6 Å². The summed E-state index contributed by atoms with van der Waals surface area (Å²) in [5.74, 6) is 0.574.